The molecule has 1 heterocycles. The van der Waals surface area contributed by atoms with Crippen molar-refractivity contribution in [2.75, 3.05) is 18.1 Å². The molecule has 106 valence electrons. The van der Waals surface area contributed by atoms with Gasteiger partial charge in [-0.05, 0) is 26.0 Å². The highest BCUT2D eigenvalue weighted by Gasteiger charge is 2.22. The SMILES string of the molecule is CC(C#N)=C(C)N1CCOc2cc(S(=O)(=O)Cl)ccc21. The molecular formula is C13H13ClN2O3S. The number of rotatable bonds is 2. The van der Waals surface area contributed by atoms with Crippen molar-refractivity contribution in [3.63, 3.8) is 0 Å². The van der Waals surface area contributed by atoms with Crippen LogP contribution in [-0.4, -0.2) is 21.6 Å². The number of hydrogen-bond donors (Lipinski definition) is 0. The third-order valence-electron chi connectivity index (χ3n) is 3.19. The van der Waals surface area contributed by atoms with Gasteiger partial charge in [-0.25, -0.2) is 8.42 Å². The van der Waals surface area contributed by atoms with Gasteiger partial charge in [-0.2, -0.15) is 5.26 Å². The molecule has 1 aliphatic rings. The molecule has 0 unspecified atom stereocenters. The van der Waals surface area contributed by atoms with E-state index in [1.807, 2.05) is 11.8 Å². The summed E-state index contributed by atoms with van der Waals surface area (Å²) in [5.41, 5.74) is 2.15. The quantitative estimate of drug-likeness (QED) is 0.620. The number of anilines is 1. The Labute approximate surface area is 122 Å². The highest BCUT2D eigenvalue weighted by molar-refractivity contribution is 8.13. The predicted octanol–water partition coefficient (Wildman–Crippen LogP) is 2.63. The van der Waals surface area contributed by atoms with Crippen LogP contribution in [0.5, 0.6) is 5.75 Å². The first-order chi connectivity index (χ1) is 9.34. The average molecular weight is 313 g/mol. The molecule has 0 bridgehead atoms. The number of nitriles is 1. The fourth-order valence-corrected chi connectivity index (χ4v) is 2.75. The maximum Gasteiger partial charge on any atom is 0.261 e. The smallest absolute Gasteiger partial charge is 0.261 e. The molecule has 0 saturated heterocycles. The molecule has 5 nitrogen and oxygen atoms in total. The average Bonchev–Trinajstić information content (AvgIpc) is 2.43. The Morgan fingerprint density at radius 3 is 2.75 bits per heavy atom. The summed E-state index contributed by atoms with van der Waals surface area (Å²) in [6.45, 7) is 4.60. The van der Waals surface area contributed by atoms with Crippen LogP contribution in [0, 0.1) is 11.3 Å². The van der Waals surface area contributed by atoms with Gasteiger partial charge in [0.2, 0.25) is 0 Å². The number of fused-ring (bicyclic) bond motifs is 1. The minimum Gasteiger partial charge on any atom is -0.489 e. The molecule has 0 saturated carbocycles. The Kier molecular flexibility index (Phi) is 3.93. The van der Waals surface area contributed by atoms with E-state index in [0.29, 0.717) is 24.5 Å². The third-order valence-corrected chi connectivity index (χ3v) is 4.54. The van der Waals surface area contributed by atoms with Gasteiger partial charge in [-0.1, -0.05) is 0 Å². The first kappa shape index (κ1) is 14.7. The van der Waals surface area contributed by atoms with Gasteiger partial charge in [0.1, 0.15) is 12.4 Å². The van der Waals surface area contributed by atoms with Gasteiger partial charge in [-0.3, -0.25) is 0 Å². The Bertz CT molecular complexity index is 720. The van der Waals surface area contributed by atoms with Crippen molar-refractivity contribution in [1.29, 1.82) is 5.26 Å². The van der Waals surface area contributed by atoms with Gasteiger partial charge < -0.3 is 9.64 Å². The van der Waals surface area contributed by atoms with Crippen molar-refractivity contribution < 1.29 is 13.2 Å². The van der Waals surface area contributed by atoms with Gasteiger partial charge in [0.25, 0.3) is 9.05 Å². The highest BCUT2D eigenvalue weighted by atomic mass is 35.7. The van der Waals surface area contributed by atoms with Gasteiger partial charge in [0, 0.05) is 28.0 Å². The maximum absolute atomic E-state index is 11.3. The first-order valence-corrected chi connectivity index (χ1v) is 8.22. The lowest BCUT2D eigenvalue weighted by Gasteiger charge is -2.32. The lowest BCUT2D eigenvalue weighted by Crippen LogP contribution is -2.31. The van der Waals surface area contributed by atoms with E-state index in [0.717, 1.165) is 11.4 Å². The number of ether oxygens (including phenoxy) is 1. The van der Waals surface area contributed by atoms with Crippen molar-refractivity contribution in [3.8, 4) is 11.8 Å². The van der Waals surface area contributed by atoms with Crippen LogP contribution in [0.25, 0.3) is 0 Å². The Morgan fingerprint density at radius 1 is 1.45 bits per heavy atom. The van der Waals surface area contributed by atoms with Crippen LogP contribution in [0.15, 0.2) is 34.4 Å². The zero-order valence-corrected chi connectivity index (χ0v) is 12.6. The minimum absolute atomic E-state index is 0.00148. The molecule has 2 rings (SSSR count). The fraction of sp³-hybridized carbons (Fsp3) is 0.308. The molecule has 0 N–H and O–H groups in total. The maximum atomic E-state index is 11.3. The third kappa shape index (κ3) is 2.74. The van der Waals surface area contributed by atoms with Crippen LogP contribution in [-0.2, 0) is 9.05 Å². The van der Waals surface area contributed by atoms with E-state index in [4.69, 9.17) is 20.7 Å². The molecule has 20 heavy (non-hydrogen) atoms. The molecule has 0 aliphatic carbocycles. The van der Waals surface area contributed by atoms with Gasteiger partial charge in [0.05, 0.1) is 23.2 Å². The van der Waals surface area contributed by atoms with Crippen molar-refractivity contribution in [1.82, 2.24) is 0 Å². The van der Waals surface area contributed by atoms with Gasteiger partial charge >= 0.3 is 0 Å². The summed E-state index contributed by atoms with van der Waals surface area (Å²) in [7, 11) is 1.54. The van der Waals surface area contributed by atoms with Crippen molar-refractivity contribution in [2.24, 2.45) is 0 Å². The second-order valence-electron chi connectivity index (χ2n) is 4.39. The van der Waals surface area contributed by atoms with Crippen LogP contribution in [0.1, 0.15) is 13.8 Å². The molecule has 1 aromatic carbocycles. The molecule has 0 radical (unpaired) electrons. The molecule has 7 heteroatoms. The number of halogens is 1. The fourth-order valence-electron chi connectivity index (χ4n) is 1.98. The van der Waals surface area contributed by atoms with Crippen LogP contribution >= 0.6 is 10.7 Å². The minimum atomic E-state index is -3.79. The van der Waals surface area contributed by atoms with Crippen LogP contribution in [0.4, 0.5) is 5.69 Å². The van der Waals surface area contributed by atoms with Gasteiger partial charge in [0.15, 0.2) is 0 Å². The van der Waals surface area contributed by atoms with Crippen LogP contribution < -0.4 is 9.64 Å². The summed E-state index contributed by atoms with van der Waals surface area (Å²) in [4.78, 5) is 1.93. The zero-order chi connectivity index (χ0) is 14.9. The van der Waals surface area contributed by atoms with Crippen LogP contribution in [0.3, 0.4) is 0 Å². The van der Waals surface area contributed by atoms with Crippen molar-refractivity contribution in [2.45, 2.75) is 18.7 Å². The second kappa shape index (κ2) is 5.35. The molecule has 0 fully saturated rings. The van der Waals surface area contributed by atoms with E-state index >= 15 is 0 Å². The molecule has 1 aromatic rings. The topological polar surface area (TPSA) is 70.4 Å². The summed E-state index contributed by atoms with van der Waals surface area (Å²) < 4.78 is 28.1. The number of nitrogens with zero attached hydrogens (tertiary/aromatic N) is 2. The predicted molar refractivity (Wildman–Crippen MR) is 76.3 cm³/mol. The Morgan fingerprint density at radius 2 is 2.15 bits per heavy atom. The Hall–Kier alpha value is -1.71. The van der Waals surface area contributed by atoms with E-state index < -0.39 is 9.05 Å². The summed E-state index contributed by atoms with van der Waals surface area (Å²) in [6.07, 6.45) is 0. The summed E-state index contributed by atoms with van der Waals surface area (Å²) in [5.74, 6) is 0.447. The van der Waals surface area contributed by atoms with Crippen molar-refractivity contribution in [3.05, 3.63) is 29.5 Å². The monoisotopic (exact) mass is 312 g/mol. The Balaban J connectivity index is 2.52. The van der Waals surface area contributed by atoms with Gasteiger partial charge in [-0.15, -0.1) is 0 Å². The molecule has 0 aromatic heterocycles. The largest absolute Gasteiger partial charge is 0.489 e. The number of allylic oxidation sites excluding steroid dienone is 2. The first-order valence-electron chi connectivity index (χ1n) is 5.91. The lowest BCUT2D eigenvalue weighted by atomic mass is 10.2. The lowest BCUT2D eigenvalue weighted by molar-refractivity contribution is 0.311. The molecule has 1 aliphatic heterocycles. The van der Waals surface area contributed by atoms with E-state index in [2.05, 4.69) is 6.07 Å². The molecule has 0 spiro atoms. The van der Waals surface area contributed by atoms with Crippen molar-refractivity contribution >= 4 is 25.4 Å². The van der Waals surface area contributed by atoms with E-state index in [1.54, 1.807) is 13.0 Å². The molecular weight excluding hydrogens is 300 g/mol. The summed E-state index contributed by atoms with van der Waals surface area (Å²) in [6, 6.07) is 6.58. The number of hydrogen-bond acceptors (Lipinski definition) is 5. The standard InChI is InChI=1S/C13H13ClN2O3S/c1-9(8-15)10(2)16-5-6-19-13-7-11(20(14,17)18)3-4-12(13)16/h3-4,7H,5-6H2,1-2H3. The second-order valence-corrected chi connectivity index (χ2v) is 6.96. The molecule has 0 amide bonds. The summed E-state index contributed by atoms with van der Waals surface area (Å²) >= 11 is 0. The molecule has 0 atom stereocenters. The van der Waals surface area contributed by atoms with Crippen LogP contribution in [0.2, 0.25) is 0 Å². The highest BCUT2D eigenvalue weighted by Crippen LogP contribution is 2.36. The zero-order valence-electron chi connectivity index (χ0n) is 11.1. The summed E-state index contributed by atoms with van der Waals surface area (Å²) in [5, 5.41) is 8.97. The normalized spacial score (nSPS) is 15.8. The van der Waals surface area contributed by atoms with E-state index in [-0.39, 0.29) is 4.90 Å². The van der Waals surface area contributed by atoms with E-state index in [1.165, 1.54) is 12.1 Å². The number of benzene rings is 1. The van der Waals surface area contributed by atoms with E-state index in [9.17, 15) is 8.42 Å².